The Labute approximate surface area is 158 Å². The van der Waals surface area contributed by atoms with Gasteiger partial charge in [0.2, 0.25) is 0 Å². The summed E-state index contributed by atoms with van der Waals surface area (Å²) in [6, 6.07) is 11.7. The Morgan fingerprint density at radius 1 is 1.22 bits per heavy atom. The topological polar surface area (TPSA) is 86.9 Å². The molecule has 8 nitrogen and oxygen atoms in total. The number of hydrogen-bond acceptors (Lipinski definition) is 5. The first-order valence-electron chi connectivity index (χ1n) is 8.98. The predicted octanol–water partition coefficient (Wildman–Crippen LogP) is 3.15. The van der Waals surface area contributed by atoms with E-state index in [0.717, 1.165) is 11.4 Å². The van der Waals surface area contributed by atoms with Gasteiger partial charge in [-0.15, -0.1) is 5.10 Å². The Kier molecular flexibility index (Phi) is 5.54. The van der Waals surface area contributed by atoms with Crippen molar-refractivity contribution in [1.82, 2.24) is 24.5 Å². The minimum absolute atomic E-state index is 0.137. The molecule has 0 aliphatic rings. The number of hydrogen-bond donors (Lipinski definition) is 1. The lowest BCUT2D eigenvalue weighted by Gasteiger charge is -2.16. The van der Waals surface area contributed by atoms with Crippen molar-refractivity contribution < 1.29 is 9.53 Å². The van der Waals surface area contributed by atoms with Crippen LogP contribution in [0.3, 0.4) is 0 Å². The van der Waals surface area contributed by atoms with E-state index in [0.29, 0.717) is 12.2 Å². The number of rotatable bonds is 7. The van der Waals surface area contributed by atoms with Gasteiger partial charge in [-0.25, -0.2) is 9.36 Å². The van der Waals surface area contributed by atoms with Crippen molar-refractivity contribution in [3.05, 3.63) is 48.4 Å². The highest BCUT2D eigenvalue weighted by molar-refractivity contribution is 5.93. The summed E-state index contributed by atoms with van der Waals surface area (Å²) in [7, 11) is 0. The summed E-state index contributed by atoms with van der Waals surface area (Å²) in [6.07, 6.45) is 1.35. The fourth-order valence-electron chi connectivity index (χ4n) is 2.67. The highest BCUT2D eigenvalue weighted by Crippen LogP contribution is 2.17. The van der Waals surface area contributed by atoms with Crippen LogP contribution in [0.1, 0.15) is 38.9 Å². The number of nitrogens with zero attached hydrogens (tertiary/aromatic N) is 5. The molecule has 2 aromatic heterocycles. The summed E-state index contributed by atoms with van der Waals surface area (Å²) in [5.74, 6) is 0.396. The molecular formula is C19H24N6O2. The second-order valence-electron chi connectivity index (χ2n) is 6.52. The minimum Gasteiger partial charge on any atom is -0.449 e. The first-order valence-corrected chi connectivity index (χ1v) is 8.98. The molecule has 0 spiro atoms. The third kappa shape index (κ3) is 4.33. The zero-order valence-corrected chi connectivity index (χ0v) is 16.0. The number of aromatic nitrogens is 5. The molecule has 0 aliphatic carbocycles. The number of anilines is 1. The lowest BCUT2D eigenvalue weighted by Crippen LogP contribution is -2.33. The molecule has 0 saturated heterocycles. The van der Waals surface area contributed by atoms with E-state index in [2.05, 4.69) is 20.5 Å². The molecule has 1 N–H and O–H groups in total. The highest BCUT2D eigenvalue weighted by atomic mass is 16.5. The van der Waals surface area contributed by atoms with Gasteiger partial charge in [-0.05, 0) is 39.3 Å². The van der Waals surface area contributed by atoms with Crippen molar-refractivity contribution in [2.45, 2.75) is 46.3 Å². The van der Waals surface area contributed by atoms with Crippen molar-refractivity contribution >= 4 is 11.7 Å². The van der Waals surface area contributed by atoms with Crippen LogP contribution in [0.15, 0.2) is 42.7 Å². The summed E-state index contributed by atoms with van der Waals surface area (Å²) in [5.41, 5.74) is 1.71. The van der Waals surface area contributed by atoms with Gasteiger partial charge in [0.25, 0.3) is 5.91 Å². The molecule has 1 unspecified atom stereocenters. The van der Waals surface area contributed by atoms with E-state index in [1.165, 1.54) is 0 Å². The number of ether oxygens (including phenoxy) is 1. The van der Waals surface area contributed by atoms with Gasteiger partial charge in [-0.3, -0.25) is 4.79 Å². The number of aryl methyl sites for hydroxylation is 1. The lowest BCUT2D eigenvalue weighted by atomic mass is 10.2. The molecule has 0 fully saturated rings. The van der Waals surface area contributed by atoms with E-state index in [4.69, 9.17) is 4.74 Å². The molecule has 1 amide bonds. The summed E-state index contributed by atoms with van der Waals surface area (Å²) in [6.45, 7) is 7.79. The van der Waals surface area contributed by atoms with Gasteiger partial charge in [0, 0.05) is 12.1 Å². The van der Waals surface area contributed by atoms with Crippen LogP contribution in [0.4, 0.5) is 5.82 Å². The first kappa shape index (κ1) is 18.6. The molecule has 0 aliphatic heterocycles. The minimum atomic E-state index is -0.701. The van der Waals surface area contributed by atoms with E-state index in [1.54, 1.807) is 15.7 Å². The van der Waals surface area contributed by atoms with E-state index in [9.17, 15) is 4.79 Å². The molecular weight excluding hydrogens is 344 g/mol. The average molecular weight is 368 g/mol. The Bertz CT molecular complexity index is 900. The molecule has 1 atom stereocenters. The van der Waals surface area contributed by atoms with Crippen LogP contribution in [0.5, 0.6) is 6.01 Å². The largest absolute Gasteiger partial charge is 0.449 e. The molecule has 0 saturated carbocycles. The zero-order valence-electron chi connectivity index (χ0n) is 16.0. The maximum absolute atomic E-state index is 12.7. The van der Waals surface area contributed by atoms with Gasteiger partial charge < -0.3 is 10.1 Å². The number of nitrogens with one attached hydrogen (secondary N) is 1. The normalized spacial score (nSPS) is 12.2. The third-order valence-corrected chi connectivity index (χ3v) is 4.00. The zero-order chi connectivity index (χ0) is 19.4. The van der Waals surface area contributed by atoms with Crippen molar-refractivity contribution in [1.29, 1.82) is 0 Å². The quantitative estimate of drug-likeness (QED) is 0.692. The number of carbonyl (C=O) groups excluding carboxylic acids is 1. The van der Waals surface area contributed by atoms with Gasteiger partial charge in [0.15, 0.2) is 6.10 Å². The van der Waals surface area contributed by atoms with Crippen molar-refractivity contribution in [3.63, 3.8) is 0 Å². The lowest BCUT2D eigenvalue weighted by molar-refractivity contribution is -0.123. The van der Waals surface area contributed by atoms with Crippen LogP contribution in [-0.4, -0.2) is 36.6 Å². The van der Waals surface area contributed by atoms with Crippen LogP contribution in [0.2, 0.25) is 0 Å². The van der Waals surface area contributed by atoms with Gasteiger partial charge in [0.1, 0.15) is 12.1 Å². The van der Waals surface area contributed by atoms with Crippen molar-refractivity contribution in [3.8, 4) is 11.7 Å². The number of para-hydroxylation sites is 1. The summed E-state index contributed by atoms with van der Waals surface area (Å²) >= 11 is 0. The Balaban J connectivity index is 1.70. The van der Waals surface area contributed by atoms with E-state index in [-0.39, 0.29) is 18.0 Å². The fraction of sp³-hybridized carbons (Fsp3) is 0.368. The molecule has 0 bridgehead atoms. The van der Waals surface area contributed by atoms with Gasteiger partial charge in [0.05, 0.1) is 11.4 Å². The Morgan fingerprint density at radius 2 is 1.96 bits per heavy atom. The Morgan fingerprint density at radius 3 is 2.63 bits per heavy atom. The van der Waals surface area contributed by atoms with Crippen LogP contribution >= 0.6 is 0 Å². The maximum Gasteiger partial charge on any atom is 0.336 e. The summed E-state index contributed by atoms with van der Waals surface area (Å²) in [5, 5.41) is 11.6. The molecule has 3 aromatic rings. The molecule has 0 radical (unpaired) electrons. The average Bonchev–Trinajstić information content (AvgIpc) is 3.27. The maximum atomic E-state index is 12.7. The predicted molar refractivity (Wildman–Crippen MR) is 102 cm³/mol. The third-order valence-electron chi connectivity index (χ3n) is 4.00. The molecule has 27 heavy (non-hydrogen) atoms. The number of amides is 1. The van der Waals surface area contributed by atoms with E-state index in [1.807, 2.05) is 64.1 Å². The second-order valence-corrected chi connectivity index (χ2v) is 6.52. The second kappa shape index (κ2) is 8.03. The van der Waals surface area contributed by atoms with Gasteiger partial charge in [-0.1, -0.05) is 25.1 Å². The van der Waals surface area contributed by atoms with Crippen molar-refractivity contribution in [2.75, 3.05) is 5.32 Å². The molecule has 142 valence electrons. The monoisotopic (exact) mass is 368 g/mol. The summed E-state index contributed by atoms with van der Waals surface area (Å²) in [4.78, 5) is 16.8. The SMILES string of the molecule is CCC(Oc1ncn(-c2ccccc2)n1)C(=O)Nc1cc(C)nn1C(C)C. The standard InChI is InChI=1S/C19H24N6O2/c1-5-16(18(26)21-17-11-14(4)22-25(17)13(2)3)27-19-20-12-24(23-19)15-9-7-6-8-10-15/h6-13,16H,5H2,1-4H3,(H,21,26). The highest BCUT2D eigenvalue weighted by Gasteiger charge is 2.22. The fourth-order valence-corrected chi connectivity index (χ4v) is 2.67. The van der Waals surface area contributed by atoms with Gasteiger partial charge in [-0.2, -0.15) is 10.1 Å². The Hall–Kier alpha value is -3.16. The van der Waals surface area contributed by atoms with Crippen LogP contribution in [0.25, 0.3) is 5.69 Å². The number of carbonyl (C=O) groups is 1. The van der Waals surface area contributed by atoms with Crippen LogP contribution in [0, 0.1) is 6.92 Å². The molecule has 3 rings (SSSR count). The molecule has 1 aromatic carbocycles. The smallest absolute Gasteiger partial charge is 0.336 e. The van der Waals surface area contributed by atoms with Gasteiger partial charge >= 0.3 is 6.01 Å². The molecule has 8 heteroatoms. The van der Waals surface area contributed by atoms with E-state index < -0.39 is 6.10 Å². The van der Waals surface area contributed by atoms with Crippen molar-refractivity contribution in [2.24, 2.45) is 0 Å². The van der Waals surface area contributed by atoms with Crippen LogP contribution in [-0.2, 0) is 4.79 Å². The van der Waals surface area contributed by atoms with Crippen LogP contribution < -0.4 is 10.1 Å². The first-order chi connectivity index (χ1) is 13.0. The van der Waals surface area contributed by atoms with E-state index >= 15 is 0 Å². The molecule has 2 heterocycles. The number of benzene rings is 1. The summed E-state index contributed by atoms with van der Waals surface area (Å²) < 4.78 is 9.11.